The lowest BCUT2D eigenvalue weighted by Gasteiger charge is -2.03. The lowest BCUT2D eigenvalue weighted by molar-refractivity contribution is -0.121. The van der Waals surface area contributed by atoms with E-state index in [4.69, 9.17) is 0 Å². The highest BCUT2D eigenvalue weighted by molar-refractivity contribution is 5.98. The van der Waals surface area contributed by atoms with Crippen LogP contribution in [0.5, 0.6) is 0 Å². The Morgan fingerprint density at radius 1 is 1.27 bits per heavy atom. The molecule has 3 aromatic rings. The number of carbonyl (C=O) groups excluding carboxylic acids is 1. The number of aromatic nitrogens is 4. The quantitative estimate of drug-likeness (QED) is 0.581. The van der Waals surface area contributed by atoms with E-state index in [9.17, 15) is 4.79 Å². The fourth-order valence-corrected chi connectivity index (χ4v) is 1.99. The van der Waals surface area contributed by atoms with Gasteiger partial charge in [0.1, 0.15) is 12.1 Å². The van der Waals surface area contributed by atoms with E-state index in [1.807, 2.05) is 43.3 Å². The van der Waals surface area contributed by atoms with Gasteiger partial charge < -0.3 is 0 Å². The third-order valence-corrected chi connectivity index (χ3v) is 3.14. The first-order valence-corrected chi connectivity index (χ1v) is 6.76. The van der Waals surface area contributed by atoms with Gasteiger partial charge in [0.15, 0.2) is 0 Å². The minimum absolute atomic E-state index is 0.0599. The van der Waals surface area contributed by atoms with Gasteiger partial charge in [-0.05, 0) is 25.1 Å². The number of hydrogen-bond donors (Lipinski definition) is 1. The van der Waals surface area contributed by atoms with Crippen LogP contribution in [0, 0.1) is 0 Å². The van der Waals surface area contributed by atoms with Crippen molar-refractivity contribution in [3.63, 3.8) is 0 Å². The van der Waals surface area contributed by atoms with Crippen molar-refractivity contribution in [1.82, 2.24) is 25.4 Å². The zero-order valence-electron chi connectivity index (χ0n) is 12.0. The molecule has 0 spiro atoms. The van der Waals surface area contributed by atoms with Crippen molar-refractivity contribution in [1.29, 1.82) is 0 Å². The summed E-state index contributed by atoms with van der Waals surface area (Å²) in [7, 11) is 0. The first kappa shape index (κ1) is 13.9. The van der Waals surface area contributed by atoms with Gasteiger partial charge in [-0.15, -0.1) is 5.10 Å². The molecule has 0 radical (unpaired) electrons. The summed E-state index contributed by atoms with van der Waals surface area (Å²) in [6.45, 7) is 1.87. The van der Waals surface area contributed by atoms with E-state index in [0.29, 0.717) is 5.71 Å². The van der Waals surface area contributed by atoms with E-state index in [0.717, 1.165) is 16.6 Å². The van der Waals surface area contributed by atoms with Crippen molar-refractivity contribution < 1.29 is 4.79 Å². The first-order chi connectivity index (χ1) is 10.7. The van der Waals surface area contributed by atoms with Crippen LogP contribution < -0.4 is 5.43 Å². The number of hydrazone groups is 1. The second-order valence-electron chi connectivity index (χ2n) is 4.71. The number of para-hydroxylation sites is 1. The molecule has 0 atom stereocenters. The molecule has 22 heavy (non-hydrogen) atoms. The van der Waals surface area contributed by atoms with E-state index in [-0.39, 0.29) is 12.5 Å². The van der Waals surface area contributed by atoms with Gasteiger partial charge in [-0.25, -0.2) is 10.1 Å². The smallest absolute Gasteiger partial charge is 0.261 e. The Hall–Kier alpha value is -3.09. The van der Waals surface area contributed by atoms with Crippen molar-refractivity contribution in [3.8, 4) is 0 Å². The molecule has 110 valence electrons. The van der Waals surface area contributed by atoms with E-state index in [1.54, 1.807) is 17.1 Å². The molecule has 1 amide bonds. The van der Waals surface area contributed by atoms with Crippen molar-refractivity contribution in [2.75, 3.05) is 0 Å². The fraction of sp³-hybridized carbons (Fsp3) is 0.133. The largest absolute Gasteiger partial charge is 0.271 e. The van der Waals surface area contributed by atoms with Crippen LogP contribution in [-0.4, -0.2) is 31.6 Å². The molecule has 3 rings (SSSR count). The van der Waals surface area contributed by atoms with Gasteiger partial charge >= 0.3 is 0 Å². The monoisotopic (exact) mass is 294 g/mol. The van der Waals surface area contributed by atoms with Crippen LogP contribution in [0.4, 0.5) is 0 Å². The maximum absolute atomic E-state index is 12.0. The maximum atomic E-state index is 12.0. The summed E-state index contributed by atoms with van der Waals surface area (Å²) in [6.07, 6.45) is 3.38. The molecule has 0 bridgehead atoms. The Kier molecular flexibility index (Phi) is 3.86. The minimum Gasteiger partial charge on any atom is -0.271 e. The van der Waals surface area contributed by atoms with Crippen LogP contribution in [0.15, 0.2) is 53.9 Å². The van der Waals surface area contributed by atoms with Crippen molar-refractivity contribution in [2.24, 2.45) is 5.10 Å². The summed E-state index contributed by atoms with van der Waals surface area (Å²) >= 11 is 0. The summed E-state index contributed by atoms with van der Waals surface area (Å²) < 4.78 is 1.54. The first-order valence-electron chi connectivity index (χ1n) is 6.76. The highest BCUT2D eigenvalue weighted by atomic mass is 16.2. The zero-order chi connectivity index (χ0) is 15.4. The summed E-state index contributed by atoms with van der Waals surface area (Å²) in [5, 5.41) is 12.0. The van der Waals surface area contributed by atoms with E-state index in [1.165, 1.54) is 0 Å². The number of benzene rings is 1. The van der Waals surface area contributed by atoms with Crippen molar-refractivity contribution in [2.45, 2.75) is 13.5 Å². The number of pyridine rings is 1. The Bertz CT molecular complexity index is 824. The molecule has 0 saturated heterocycles. The van der Waals surface area contributed by atoms with E-state index in [2.05, 4.69) is 25.8 Å². The summed E-state index contributed by atoms with van der Waals surface area (Å²) in [4.78, 5) is 16.0. The van der Waals surface area contributed by atoms with Gasteiger partial charge in [-0.3, -0.25) is 9.78 Å². The molecule has 0 aliphatic heterocycles. The topological polar surface area (TPSA) is 85.1 Å². The number of hydrogen-bond acceptors (Lipinski definition) is 5. The molecular weight excluding hydrogens is 280 g/mol. The fourth-order valence-electron chi connectivity index (χ4n) is 1.99. The summed E-state index contributed by atoms with van der Waals surface area (Å²) in [5.74, 6) is -0.265. The number of amides is 1. The Labute approximate surface area is 126 Å². The minimum atomic E-state index is -0.265. The molecule has 1 aromatic carbocycles. The van der Waals surface area contributed by atoms with Crippen LogP contribution in [0.25, 0.3) is 11.0 Å². The Morgan fingerprint density at radius 3 is 2.95 bits per heavy atom. The number of nitrogens with zero attached hydrogens (tertiary/aromatic N) is 5. The van der Waals surface area contributed by atoms with Crippen molar-refractivity contribution in [3.05, 3.63) is 54.4 Å². The molecule has 7 heteroatoms. The van der Waals surface area contributed by atoms with E-state index < -0.39 is 0 Å². The molecule has 0 unspecified atom stereocenters. The predicted molar refractivity (Wildman–Crippen MR) is 82.1 cm³/mol. The molecule has 2 heterocycles. The van der Waals surface area contributed by atoms with E-state index >= 15 is 0 Å². The third-order valence-electron chi connectivity index (χ3n) is 3.14. The third kappa shape index (κ3) is 2.98. The normalized spacial score (nSPS) is 11.6. The standard InChI is InChI=1S/C15H14N6O/c1-11(12-5-4-8-16-9-12)17-19-15(22)10-21-14-7-3-2-6-13(14)18-20-21/h2-9H,10H2,1H3,(H,19,22). The number of carbonyl (C=O) groups is 1. The number of nitrogens with one attached hydrogen (secondary N) is 1. The molecule has 0 fully saturated rings. The molecule has 0 aliphatic rings. The van der Waals surface area contributed by atoms with Gasteiger partial charge in [-0.2, -0.15) is 5.10 Å². The van der Waals surface area contributed by atoms with Crippen LogP contribution in [0.2, 0.25) is 0 Å². The van der Waals surface area contributed by atoms with Crippen LogP contribution in [0.3, 0.4) is 0 Å². The average Bonchev–Trinajstić information content (AvgIpc) is 2.97. The second kappa shape index (κ2) is 6.13. The van der Waals surface area contributed by atoms with Crippen LogP contribution >= 0.6 is 0 Å². The molecule has 1 N–H and O–H groups in total. The van der Waals surface area contributed by atoms with Gasteiger partial charge in [0.05, 0.1) is 11.2 Å². The van der Waals surface area contributed by atoms with Gasteiger partial charge in [-0.1, -0.05) is 23.4 Å². The molecular formula is C15H14N6O. The summed E-state index contributed by atoms with van der Waals surface area (Å²) in [5.41, 5.74) is 5.62. The lowest BCUT2D eigenvalue weighted by atomic mass is 10.2. The van der Waals surface area contributed by atoms with Gasteiger partial charge in [0, 0.05) is 18.0 Å². The Morgan fingerprint density at radius 2 is 2.14 bits per heavy atom. The molecule has 0 aliphatic carbocycles. The second-order valence-corrected chi connectivity index (χ2v) is 4.71. The predicted octanol–water partition coefficient (Wildman–Crippen LogP) is 1.37. The van der Waals surface area contributed by atoms with Gasteiger partial charge in [0.25, 0.3) is 5.91 Å². The highest BCUT2D eigenvalue weighted by Crippen LogP contribution is 2.09. The molecule has 0 saturated carbocycles. The van der Waals surface area contributed by atoms with Crippen molar-refractivity contribution >= 4 is 22.7 Å². The SMILES string of the molecule is CC(=NNC(=O)Cn1nnc2ccccc21)c1cccnc1. The maximum Gasteiger partial charge on any atom is 0.261 e. The molecule has 2 aromatic heterocycles. The number of rotatable bonds is 4. The zero-order valence-corrected chi connectivity index (χ0v) is 12.0. The average molecular weight is 294 g/mol. The lowest BCUT2D eigenvalue weighted by Crippen LogP contribution is -2.24. The Balaban J connectivity index is 1.68. The highest BCUT2D eigenvalue weighted by Gasteiger charge is 2.08. The van der Waals surface area contributed by atoms with Gasteiger partial charge in [0.2, 0.25) is 0 Å². The molecule has 7 nitrogen and oxygen atoms in total. The summed E-state index contributed by atoms with van der Waals surface area (Å²) in [6, 6.07) is 11.2. The number of fused-ring (bicyclic) bond motifs is 1. The van der Waals surface area contributed by atoms with Crippen LogP contribution in [0.1, 0.15) is 12.5 Å². The van der Waals surface area contributed by atoms with Crippen LogP contribution in [-0.2, 0) is 11.3 Å².